The number of thiophene rings is 1. The van der Waals surface area contributed by atoms with Crippen LogP contribution in [0.3, 0.4) is 0 Å². The van der Waals surface area contributed by atoms with Crippen LogP contribution in [0.2, 0.25) is 0 Å². The average molecular weight is 465 g/mol. The third-order valence-electron chi connectivity index (χ3n) is 5.66. The number of carboxylic acid groups (broad SMARTS) is 1. The third kappa shape index (κ3) is 3.40. The monoisotopic (exact) mass is 465 g/mol. The second kappa shape index (κ2) is 7.11. The van der Waals surface area contributed by atoms with Crippen molar-refractivity contribution in [3.63, 3.8) is 0 Å². The lowest BCUT2D eigenvalue weighted by Gasteiger charge is -2.20. The van der Waals surface area contributed by atoms with E-state index < -0.39 is 44.3 Å². The molecule has 4 rings (SSSR count). The van der Waals surface area contributed by atoms with Gasteiger partial charge in [0.15, 0.2) is 17.4 Å². The van der Waals surface area contributed by atoms with Gasteiger partial charge in [0.05, 0.1) is 0 Å². The number of phenolic OH excluding ortho intramolecular Hbond substituents is 1. The minimum absolute atomic E-state index is 0.0772. The summed E-state index contributed by atoms with van der Waals surface area (Å²) in [7, 11) is -4.24. The van der Waals surface area contributed by atoms with Gasteiger partial charge < -0.3 is 10.2 Å². The summed E-state index contributed by atoms with van der Waals surface area (Å²) in [5.41, 5.74) is -1.85. The van der Waals surface area contributed by atoms with Gasteiger partial charge in [-0.2, -0.15) is 9.11 Å². The first-order chi connectivity index (χ1) is 14.5. The molecule has 0 amide bonds. The van der Waals surface area contributed by atoms with Gasteiger partial charge in [-0.3, -0.25) is 4.79 Å². The van der Waals surface area contributed by atoms with E-state index in [1.165, 1.54) is 12.1 Å². The Morgan fingerprint density at radius 3 is 2.42 bits per heavy atom. The maximum absolute atomic E-state index is 13.6. The van der Waals surface area contributed by atoms with E-state index in [0.29, 0.717) is 5.56 Å². The highest BCUT2D eigenvalue weighted by Gasteiger charge is 2.72. The molecule has 2 atom stereocenters. The van der Waals surface area contributed by atoms with Crippen LogP contribution in [0.4, 0.5) is 8.78 Å². The van der Waals surface area contributed by atoms with Crippen molar-refractivity contribution >= 4 is 27.3 Å². The summed E-state index contributed by atoms with van der Waals surface area (Å²) in [5.74, 6) is -4.85. The molecule has 162 valence electrons. The standard InChI is InChI=1S/C21H17F2NO5S2/c1-20(13-5-3-2-4-6-13)11-21(20,19(26)27)24-31(28,29)17-8-7-16(30-17)12-9-14(22)18(23)15(25)10-12/h2-10,24-25H,11H2,1H3,(H,26,27)/t20-,21-/m1/s1. The van der Waals surface area contributed by atoms with Crippen LogP contribution in [0.15, 0.2) is 58.8 Å². The Hall–Kier alpha value is -2.82. The Labute approximate surface area is 180 Å². The number of aliphatic carboxylic acids is 1. The number of halogens is 2. The van der Waals surface area contributed by atoms with E-state index in [-0.39, 0.29) is 21.1 Å². The Balaban J connectivity index is 1.66. The molecule has 1 heterocycles. The molecule has 1 saturated carbocycles. The molecular weight excluding hydrogens is 448 g/mol. The van der Waals surface area contributed by atoms with Crippen molar-refractivity contribution < 1.29 is 32.2 Å². The fourth-order valence-electron chi connectivity index (χ4n) is 3.76. The summed E-state index contributed by atoms with van der Waals surface area (Å²) >= 11 is 0.749. The van der Waals surface area contributed by atoms with Gasteiger partial charge in [0.2, 0.25) is 0 Å². The number of hydrogen-bond donors (Lipinski definition) is 3. The Morgan fingerprint density at radius 1 is 1.13 bits per heavy atom. The second-order valence-corrected chi connectivity index (χ2v) is 10.6. The van der Waals surface area contributed by atoms with E-state index >= 15 is 0 Å². The highest BCUT2D eigenvalue weighted by atomic mass is 32.2. The Kier molecular flexibility index (Phi) is 4.91. The van der Waals surface area contributed by atoms with Crippen LogP contribution in [-0.4, -0.2) is 30.1 Å². The van der Waals surface area contributed by atoms with E-state index in [2.05, 4.69) is 4.72 Å². The van der Waals surface area contributed by atoms with Crippen LogP contribution in [0, 0.1) is 11.6 Å². The van der Waals surface area contributed by atoms with Gasteiger partial charge >= 0.3 is 5.97 Å². The number of phenols is 1. The van der Waals surface area contributed by atoms with Crippen LogP contribution in [-0.2, 0) is 20.2 Å². The largest absolute Gasteiger partial charge is 0.505 e. The lowest BCUT2D eigenvalue weighted by Crippen LogP contribution is -2.47. The molecule has 6 nitrogen and oxygen atoms in total. The number of aromatic hydroxyl groups is 1. The number of rotatable bonds is 6. The van der Waals surface area contributed by atoms with Gasteiger partial charge in [-0.15, -0.1) is 11.3 Å². The molecule has 0 unspecified atom stereocenters. The molecule has 0 saturated heterocycles. The summed E-state index contributed by atoms with van der Waals surface area (Å²) in [6.45, 7) is 1.68. The number of carbonyl (C=O) groups is 1. The smallest absolute Gasteiger partial charge is 0.325 e. The molecule has 31 heavy (non-hydrogen) atoms. The predicted octanol–water partition coefficient (Wildman–Crippen LogP) is 3.86. The first-order valence-electron chi connectivity index (χ1n) is 9.11. The Bertz CT molecular complexity index is 1270. The van der Waals surface area contributed by atoms with Gasteiger partial charge in [0.25, 0.3) is 10.0 Å². The Morgan fingerprint density at radius 2 is 1.81 bits per heavy atom. The molecule has 1 fully saturated rings. The van der Waals surface area contributed by atoms with Crippen LogP contribution >= 0.6 is 11.3 Å². The molecule has 3 N–H and O–H groups in total. The van der Waals surface area contributed by atoms with Crippen molar-refractivity contribution in [2.45, 2.75) is 28.5 Å². The zero-order chi connectivity index (χ0) is 22.6. The van der Waals surface area contributed by atoms with Crippen molar-refractivity contribution in [3.05, 3.63) is 71.8 Å². The molecule has 1 aliphatic rings. The molecule has 2 aromatic carbocycles. The third-order valence-corrected chi connectivity index (χ3v) is 8.78. The lowest BCUT2D eigenvalue weighted by molar-refractivity contribution is -0.140. The minimum Gasteiger partial charge on any atom is -0.505 e. The molecule has 10 heteroatoms. The molecule has 1 aromatic heterocycles. The molecule has 0 radical (unpaired) electrons. The van der Waals surface area contributed by atoms with E-state index in [0.717, 1.165) is 23.5 Å². The number of nitrogens with one attached hydrogen (secondary N) is 1. The van der Waals surface area contributed by atoms with Gasteiger partial charge in [0, 0.05) is 10.3 Å². The predicted molar refractivity (Wildman–Crippen MR) is 110 cm³/mol. The SMILES string of the molecule is C[C@]1(c2ccccc2)C[C@@]1(NS(=O)(=O)c1ccc(-c2cc(O)c(F)c(F)c2)s1)C(=O)O. The van der Waals surface area contributed by atoms with Crippen LogP contribution in [0.25, 0.3) is 10.4 Å². The molecule has 3 aromatic rings. The highest BCUT2D eigenvalue weighted by Crippen LogP contribution is 2.58. The van der Waals surface area contributed by atoms with Crippen LogP contribution in [0.1, 0.15) is 18.9 Å². The molecule has 0 spiro atoms. The van der Waals surface area contributed by atoms with Crippen molar-refractivity contribution in [2.75, 3.05) is 0 Å². The van der Waals surface area contributed by atoms with Gasteiger partial charge in [0.1, 0.15) is 9.75 Å². The lowest BCUT2D eigenvalue weighted by atomic mass is 9.93. The zero-order valence-electron chi connectivity index (χ0n) is 16.1. The number of sulfonamides is 1. The minimum atomic E-state index is -4.24. The van der Waals surface area contributed by atoms with Crippen LogP contribution < -0.4 is 4.72 Å². The van der Waals surface area contributed by atoms with Gasteiger partial charge in [-0.25, -0.2) is 12.8 Å². The van der Waals surface area contributed by atoms with Crippen molar-refractivity contribution in [1.29, 1.82) is 0 Å². The summed E-state index contributed by atoms with van der Waals surface area (Å²) < 4.78 is 55.1. The van der Waals surface area contributed by atoms with Gasteiger partial charge in [-0.05, 0) is 41.8 Å². The van der Waals surface area contributed by atoms with Crippen molar-refractivity contribution in [3.8, 4) is 16.2 Å². The number of benzene rings is 2. The maximum atomic E-state index is 13.6. The molecule has 0 aliphatic heterocycles. The summed E-state index contributed by atoms with van der Waals surface area (Å²) in [4.78, 5) is 12.4. The topological polar surface area (TPSA) is 104 Å². The number of hydrogen-bond acceptors (Lipinski definition) is 5. The van der Waals surface area contributed by atoms with Crippen LogP contribution in [0.5, 0.6) is 5.75 Å². The van der Waals surface area contributed by atoms with Gasteiger partial charge in [-0.1, -0.05) is 37.3 Å². The summed E-state index contributed by atoms with van der Waals surface area (Å²) in [5, 5.41) is 19.3. The second-order valence-electron chi connectivity index (χ2n) is 7.60. The van der Waals surface area contributed by atoms with E-state index in [1.807, 2.05) is 0 Å². The first-order valence-corrected chi connectivity index (χ1v) is 11.4. The quantitative estimate of drug-likeness (QED) is 0.513. The number of carboxylic acids is 1. The normalized spacial score (nSPS) is 22.9. The van der Waals surface area contributed by atoms with Crippen molar-refractivity contribution in [1.82, 2.24) is 4.72 Å². The zero-order valence-corrected chi connectivity index (χ0v) is 17.7. The summed E-state index contributed by atoms with van der Waals surface area (Å²) in [6, 6.07) is 13.2. The van der Waals surface area contributed by atoms with E-state index in [9.17, 15) is 32.2 Å². The van der Waals surface area contributed by atoms with Crippen molar-refractivity contribution in [2.24, 2.45) is 0 Å². The molecular formula is C21H17F2NO5S2. The average Bonchev–Trinajstić information content (AvgIpc) is 3.09. The first kappa shape index (κ1) is 21.4. The summed E-state index contributed by atoms with van der Waals surface area (Å²) in [6.07, 6.45) is 0.0772. The van der Waals surface area contributed by atoms with E-state index in [4.69, 9.17) is 0 Å². The maximum Gasteiger partial charge on any atom is 0.325 e. The highest BCUT2D eigenvalue weighted by molar-refractivity contribution is 7.91. The fourth-order valence-corrected chi connectivity index (χ4v) is 6.51. The molecule has 1 aliphatic carbocycles. The van der Waals surface area contributed by atoms with E-state index in [1.54, 1.807) is 37.3 Å². The fraction of sp³-hybridized carbons (Fsp3) is 0.190. The molecule has 0 bridgehead atoms.